The van der Waals surface area contributed by atoms with Gasteiger partial charge in [-0.3, -0.25) is 4.55 Å². The molecule has 1 unspecified atom stereocenters. The molecule has 1 atom stereocenters. The van der Waals surface area contributed by atoms with Gasteiger partial charge in [-0.1, -0.05) is 66.7 Å². The van der Waals surface area contributed by atoms with E-state index in [1.807, 2.05) is 30.3 Å². The summed E-state index contributed by atoms with van der Waals surface area (Å²) in [5.74, 6) is 0. The average molecular weight is 377 g/mol. The Hall–Kier alpha value is -2.73. The van der Waals surface area contributed by atoms with Crippen molar-refractivity contribution in [3.63, 3.8) is 0 Å². The van der Waals surface area contributed by atoms with Crippen molar-refractivity contribution in [2.75, 3.05) is 0 Å². The van der Waals surface area contributed by atoms with Crippen LogP contribution in [-0.4, -0.2) is 13.0 Å². The molecule has 4 nitrogen and oxygen atoms in total. The van der Waals surface area contributed by atoms with Crippen molar-refractivity contribution in [2.24, 2.45) is 0 Å². The summed E-state index contributed by atoms with van der Waals surface area (Å²) < 4.78 is 31.7. The number of benzene rings is 3. The van der Waals surface area contributed by atoms with Gasteiger partial charge in [0.15, 0.2) is 0 Å². The first-order valence-electron chi connectivity index (χ1n) is 8.68. The minimum Gasteiger partial charge on any atom is -0.302 e. The van der Waals surface area contributed by atoms with Gasteiger partial charge < -0.3 is 5.32 Å². The van der Waals surface area contributed by atoms with Crippen LogP contribution in [0.3, 0.4) is 0 Å². The Balaban J connectivity index is 1.79. The standard InChI is InChI=1S/C22H19NO3S/c24-27(25,26)19-12-10-16(11-13-19)14-21(17-6-2-1-3-7-17)22-20-9-5-4-8-18(20)15-23-22/h1-14,22-23H,15H2,(H,24,25,26). The monoisotopic (exact) mass is 377 g/mol. The van der Waals surface area contributed by atoms with Gasteiger partial charge in [-0.25, -0.2) is 0 Å². The number of fused-ring (bicyclic) bond motifs is 1. The zero-order valence-electron chi connectivity index (χ0n) is 14.5. The molecule has 0 saturated heterocycles. The van der Waals surface area contributed by atoms with Crippen LogP contribution in [0, 0.1) is 0 Å². The molecule has 5 heteroatoms. The summed E-state index contributed by atoms with van der Waals surface area (Å²) in [6.07, 6.45) is 2.06. The molecule has 0 aromatic heterocycles. The molecule has 0 aliphatic carbocycles. The SMILES string of the molecule is O=S(=O)(O)c1ccc(C=C(c2ccccc2)C2NCc3ccccc32)cc1. The number of hydrogen-bond donors (Lipinski definition) is 2. The van der Waals surface area contributed by atoms with Gasteiger partial charge in [0.1, 0.15) is 0 Å². The van der Waals surface area contributed by atoms with E-state index in [1.165, 1.54) is 23.3 Å². The third kappa shape index (κ3) is 3.71. The van der Waals surface area contributed by atoms with Crippen LogP contribution in [-0.2, 0) is 16.7 Å². The lowest BCUT2D eigenvalue weighted by Gasteiger charge is -2.18. The highest BCUT2D eigenvalue weighted by atomic mass is 32.2. The van der Waals surface area contributed by atoms with Crippen LogP contribution in [0.15, 0.2) is 83.8 Å². The highest BCUT2D eigenvalue weighted by Gasteiger charge is 2.25. The summed E-state index contributed by atoms with van der Waals surface area (Å²) in [7, 11) is -4.19. The summed E-state index contributed by atoms with van der Waals surface area (Å²) in [4.78, 5) is -0.106. The van der Waals surface area contributed by atoms with Crippen LogP contribution >= 0.6 is 0 Å². The van der Waals surface area contributed by atoms with Crippen LogP contribution in [0.2, 0.25) is 0 Å². The van der Waals surface area contributed by atoms with E-state index >= 15 is 0 Å². The van der Waals surface area contributed by atoms with Gasteiger partial charge in [0.25, 0.3) is 10.1 Å². The van der Waals surface area contributed by atoms with Crippen molar-refractivity contribution in [1.29, 1.82) is 0 Å². The molecule has 27 heavy (non-hydrogen) atoms. The molecule has 1 aliphatic heterocycles. The summed E-state index contributed by atoms with van der Waals surface area (Å²) in [5.41, 5.74) is 5.62. The first kappa shape index (κ1) is 17.7. The van der Waals surface area contributed by atoms with Gasteiger partial charge in [0, 0.05) is 6.54 Å². The first-order valence-corrected chi connectivity index (χ1v) is 10.1. The van der Waals surface area contributed by atoms with E-state index in [4.69, 9.17) is 4.55 Å². The van der Waals surface area contributed by atoms with E-state index in [2.05, 4.69) is 35.7 Å². The number of hydrogen-bond acceptors (Lipinski definition) is 3. The van der Waals surface area contributed by atoms with Crippen LogP contribution in [0.1, 0.15) is 28.3 Å². The van der Waals surface area contributed by atoms with Crippen molar-refractivity contribution in [1.82, 2.24) is 5.32 Å². The summed E-state index contributed by atoms with van der Waals surface area (Å²) in [6.45, 7) is 0.812. The fourth-order valence-electron chi connectivity index (χ4n) is 3.46. The van der Waals surface area contributed by atoms with Crippen molar-refractivity contribution in [2.45, 2.75) is 17.5 Å². The zero-order chi connectivity index (χ0) is 18.9. The topological polar surface area (TPSA) is 66.4 Å². The van der Waals surface area contributed by atoms with Crippen LogP contribution in [0.25, 0.3) is 11.6 Å². The fourth-order valence-corrected chi connectivity index (χ4v) is 3.94. The molecule has 0 bridgehead atoms. The molecule has 0 saturated carbocycles. The molecule has 0 amide bonds. The lowest BCUT2D eigenvalue weighted by molar-refractivity contribution is 0.483. The highest BCUT2D eigenvalue weighted by molar-refractivity contribution is 7.85. The largest absolute Gasteiger partial charge is 0.302 e. The molecular weight excluding hydrogens is 358 g/mol. The molecule has 4 rings (SSSR count). The summed E-state index contributed by atoms with van der Waals surface area (Å²) in [6, 6.07) is 24.8. The second-order valence-electron chi connectivity index (χ2n) is 6.52. The molecule has 0 spiro atoms. The van der Waals surface area contributed by atoms with Crippen LogP contribution in [0.5, 0.6) is 0 Å². The van der Waals surface area contributed by atoms with Crippen molar-refractivity contribution < 1.29 is 13.0 Å². The molecule has 0 radical (unpaired) electrons. The smallest absolute Gasteiger partial charge is 0.294 e. The van der Waals surface area contributed by atoms with E-state index in [-0.39, 0.29) is 10.9 Å². The lowest BCUT2D eigenvalue weighted by Crippen LogP contribution is -2.14. The van der Waals surface area contributed by atoms with Gasteiger partial charge in [0.2, 0.25) is 0 Å². The van der Waals surface area contributed by atoms with Crippen LogP contribution in [0.4, 0.5) is 0 Å². The summed E-state index contributed by atoms with van der Waals surface area (Å²) in [5, 5.41) is 3.57. The molecular formula is C22H19NO3S. The predicted molar refractivity (Wildman–Crippen MR) is 107 cm³/mol. The molecule has 0 fully saturated rings. The third-order valence-electron chi connectivity index (χ3n) is 4.78. The van der Waals surface area contributed by atoms with E-state index in [1.54, 1.807) is 12.1 Å². The molecule has 3 aromatic rings. The van der Waals surface area contributed by atoms with Gasteiger partial charge in [0.05, 0.1) is 10.9 Å². The fraction of sp³-hybridized carbons (Fsp3) is 0.0909. The second-order valence-corrected chi connectivity index (χ2v) is 7.94. The third-order valence-corrected chi connectivity index (χ3v) is 5.65. The minimum absolute atomic E-state index is 0.0600. The Bertz CT molecular complexity index is 1090. The van der Waals surface area contributed by atoms with Crippen molar-refractivity contribution >= 4 is 21.8 Å². The maximum Gasteiger partial charge on any atom is 0.294 e. The Morgan fingerprint density at radius 2 is 1.59 bits per heavy atom. The average Bonchev–Trinajstić information content (AvgIpc) is 3.10. The van der Waals surface area contributed by atoms with Crippen molar-refractivity contribution in [3.05, 3.63) is 101 Å². The molecule has 1 heterocycles. The maximum absolute atomic E-state index is 11.3. The Kier molecular flexibility index (Phi) is 4.66. The first-order chi connectivity index (χ1) is 13.0. The zero-order valence-corrected chi connectivity index (χ0v) is 15.4. The van der Waals surface area contributed by atoms with Crippen molar-refractivity contribution in [3.8, 4) is 0 Å². The van der Waals surface area contributed by atoms with Gasteiger partial charge in [-0.15, -0.1) is 0 Å². The van der Waals surface area contributed by atoms with E-state index < -0.39 is 10.1 Å². The molecule has 1 aliphatic rings. The Morgan fingerprint density at radius 1 is 0.926 bits per heavy atom. The van der Waals surface area contributed by atoms with E-state index in [0.29, 0.717) is 0 Å². The quantitative estimate of drug-likeness (QED) is 0.525. The maximum atomic E-state index is 11.3. The highest BCUT2D eigenvalue weighted by Crippen LogP contribution is 2.37. The summed E-state index contributed by atoms with van der Waals surface area (Å²) >= 11 is 0. The normalized spacial score (nSPS) is 16.9. The number of nitrogens with one attached hydrogen (secondary N) is 1. The van der Waals surface area contributed by atoms with E-state index in [9.17, 15) is 8.42 Å². The molecule has 2 N–H and O–H groups in total. The second kappa shape index (κ2) is 7.12. The Morgan fingerprint density at radius 3 is 2.30 bits per heavy atom. The van der Waals surface area contributed by atoms with E-state index in [0.717, 1.165) is 23.2 Å². The Labute approximate surface area is 158 Å². The number of rotatable bonds is 4. The minimum atomic E-state index is -4.19. The molecule has 136 valence electrons. The lowest BCUT2D eigenvalue weighted by atomic mass is 9.91. The predicted octanol–water partition coefficient (Wildman–Crippen LogP) is 4.32. The van der Waals surface area contributed by atoms with Gasteiger partial charge >= 0.3 is 0 Å². The molecule has 3 aromatic carbocycles. The van der Waals surface area contributed by atoms with Gasteiger partial charge in [-0.05, 0) is 46.0 Å². The van der Waals surface area contributed by atoms with Gasteiger partial charge in [-0.2, -0.15) is 8.42 Å². The van der Waals surface area contributed by atoms with Crippen LogP contribution < -0.4 is 5.32 Å².